The van der Waals surface area contributed by atoms with E-state index in [2.05, 4.69) is 39.2 Å². The van der Waals surface area contributed by atoms with E-state index in [-0.39, 0.29) is 0 Å². The molecule has 0 amide bonds. The van der Waals surface area contributed by atoms with Crippen LogP contribution in [0.1, 0.15) is 25.0 Å². The summed E-state index contributed by atoms with van der Waals surface area (Å²) in [5.41, 5.74) is 0.839. The summed E-state index contributed by atoms with van der Waals surface area (Å²) in [6.07, 6.45) is 5.02. The third-order valence-electron chi connectivity index (χ3n) is 4.83. The SMILES string of the molecule is CCNC(=NCC(O)c1ccc(Cl)cc1)N1CCC(N2CC=CC2)C1. The first-order valence-corrected chi connectivity index (χ1v) is 9.41. The summed E-state index contributed by atoms with van der Waals surface area (Å²) in [7, 11) is 0. The van der Waals surface area contributed by atoms with E-state index in [4.69, 9.17) is 11.6 Å². The maximum absolute atomic E-state index is 10.4. The predicted molar refractivity (Wildman–Crippen MR) is 103 cm³/mol. The Bertz CT molecular complexity index is 608. The van der Waals surface area contributed by atoms with Crippen molar-refractivity contribution in [3.63, 3.8) is 0 Å². The lowest BCUT2D eigenvalue weighted by molar-refractivity contribution is 0.186. The van der Waals surface area contributed by atoms with Gasteiger partial charge in [-0.3, -0.25) is 9.89 Å². The largest absolute Gasteiger partial charge is 0.386 e. The van der Waals surface area contributed by atoms with E-state index in [1.54, 1.807) is 12.1 Å². The molecular weight excluding hydrogens is 336 g/mol. The number of hydrogen-bond acceptors (Lipinski definition) is 3. The fraction of sp³-hybridized carbons (Fsp3) is 0.526. The van der Waals surface area contributed by atoms with Crippen LogP contribution in [0.2, 0.25) is 5.02 Å². The molecule has 1 aromatic carbocycles. The first-order chi connectivity index (χ1) is 12.2. The molecule has 1 fully saturated rings. The Kier molecular flexibility index (Phi) is 6.34. The molecule has 3 rings (SSSR count). The van der Waals surface area contributed by atoms with Crippen LogP contribution in [-0.2, 0) is 0 Å². The fourth-order valence-corrected chi connectivity index (χ4v) is 3.54. The molecule has 0 aliphatic carbocycles. The normalized spacial score (nSPS) is 22.6. The van der Waals surface area contributed by atoms with Gasteiger partial charge in [0, 0.05) is 43.8 Å². The molecule has 2 N–H and O–H groups in total. The molecular formula is C19H27ClN4O. The zero-order chi connectivity index (χ0) is 17.6. The second-order valence-electron chi connectivity index (χ2n) is 6.58. The monoisotopic (exact) mass is 362 g/mol. The number of rotatable bonds is 5. The number of benzene rings is 1. The van der Waals surface area contributed by atoms with Crippen LogP contribution in [0.3, 0.4) is 0 Å². The molecule has 2 aliphatic heterocycles. The van der Waals surface area contributed by atoms with E-state index in [0.29, 0.717) is 17.6 Å². The van der Waals surface area contributed by atoms with Crippen LogP contribution in [-0.4, -0.2) is 66.2 Å². The Morgan fingerprint density at radius 2 is 2.04 bits per heavy atom. The highest BCUT2D eigenvalue weighted by atomic mass is 35.5. The lowest BCUT2D eigenvalue weighted by Crippen LogP contribution is -2.43. The van der Waals surface area contributed by atoms with Gasteiger partial charge < -0.3 is 15.3 Å². The van der Waals surface area contributed by atoms with Gasteiger partial charge in [0.25, 0.3) is 0 Å². The number of aliphatic hydroxyl groups excluding tert-OH is 1. The molecule has 0 aromatic heterocycles. The van der Waals surface area contributed by atoms with Crippen molar-refractivity contribution in [3.8, 4) is 0 Å². The zero-order valence-corrected chi connectivity index (χ0v) is 15.5. The van der Waals surface area contributed by atoms with Crippen molar-refractivity contribution >= 4 is 17.6 Å². The lowest BCUT2D eigenvalue weighted by Gasteiger charge is -2.25. The molecule has 0 spiro atoms. The number of aliphatic hydroxyl groups is 1. The summed E-state index contributed by atoms with van der Waals surface area (Å²) in [6, 6.07) is 7.87. The van der Waals surface area contributed by atoms with Gasteiger partial charge in [-0.2, -0.15) is 0 Å². The molecule has 2 aliphatic rings. The second kappa shape index (κ2) is 8.70. The van der Waals surface area contributed by atoms with E-state index in [9.17, 15) is 5.11 Å². The Morgan fingerprint density at radius 3 is 2.72 bits per heavy atom. The highest BCUT2D eigenvalue weighted by molar-refractivity contribution is 6.30. The first kappa shape index (κ1) is 18.2. The molecule has 2 unspecified atom stereocenters. The van der Waals surface area contributed by atoms with Crippen LogP contribution < -0.4 is 5.32 Å². The van der Waals surface area contributed by atoms with Crippen molar-refractivity contribution in [2.24, 2.45) is 4.99 Å². The van der Waals surface area contributed by atoms with Gasteiger partial charge in [0.05, 0.1) is 12.6 Å². The van der Waals surface area contributed by atoms with Crippen molar-refractivity contribution in [1.82, 2.24) is 15.1 Å². The van der Waals surface area contributed by atoms with E-state index in [1.807, 2.05) is 12.1 Å². The van der Waals surface area contributed by atoms with E-state index in [0.717, 1.165) is 50.7 Å². The average molecular weight is 363 g/mol. The Hall–Kier alpha value is -1.56. The molecule has 6 heteroatoms. The van der Waals surface area contributed by atoms with Gasteiger partial charge in [-0.1, -0.05) is 35.9 Å². The number of nitrogens with zero attached hydrogens (tertiary/aromatic N) is 3. The minimum Gasteiger partial charge on any atom is -0.386 e. The molecule has 136 valence electrons. The maximum atomic E-state index is 10.4. The Balaban J connectivity index is 1.60. The van der Waals surface area contributed by atoms with E-state index in [1.165, 1.54) is 0 Å². The smallest absolute Gasteiger partial charge is 0.194 e. The first-order valence-electron chi connectivity index (χ1n) is 9.03. The van der Waals surface area contributed by atoms with Gasteiger partial charge in [-0.15, -0.1) is 0 Å². The van der Waals surface area contributed by atoms with Crippen molar-refractivity contribution in [3.05, 3.63) is 47.0 Å². The van der Waals surface area contributed by atoms with Crippen LogP contribution in [0.15, 0.2) is 41.4 Å². The minimum atomic E-state index is -0.618. The Morgan fingerprint density at radius 1 is 1.32 bits per heavy atom. The highest BCUT2D eigenvalue weighted by Gasteiger charge is 2.29. The van der Waals surface area contributed by atoms with Crippen molar-refractivity contribution in [1.29, 1.82) is 0 Å². The number of nitrogens with one attached hydrogen (secondary N) is 1. The van der Waals surface area contributed by atoms with Crippen LogP contribution in [0.5, 0.6) is 0 Å². The van der Waals surface area contributed by atoms with Crippen molar-refractivity contribution in [2.75, 3.05) is 39.3 Å². The number of halogens is 1. The number of likely N-dealkylation sites (tertiary alicyclic amines) is 1. The fourth-order valence-electron chi connectivity index (χ4n) is 3.41. The zero-order valence-electron chi connectivity index (χ0n) is 14.7. The van der Waals surface area contributed by atoms with Crippen LogP contribution in [0.4, 0.5) is 0 Å². The van der Waals surface area contributed by atoms with E-state index < -0.39 is 6.10 Å². The summed E-state index contributed by atoms with van der Waals surface area (Å²) in [4.78, 5) is 9.48. The van der Waals surface area contributed by atoms with Crippen LogP contribution in [0.25, 0.3) is 0 Å². The molecule has 2 heterocycles. The van der Waals surface area contributed by atoms with Crippen molar-refractivity contribution in [2.45, 2.75) is 25.5 Å². The van der Waals surface area contributed by atoms with Crippen LogP contribution in [0, 0.1) is 0 Å². The summed E-state index contributed by atoms with van der Waals surface area (Å²) >= 11 is 5.90. The van der Waals surface area contributed by atoms with Crippen molar-refractivity contribution < 1.29 is 5.11 Å². The molecule has 0 saturated carbocycles. The minimum absolute atomic E-state index is 0.344. The van der Waals surface area contributed by atoms with Gasteiger partial charge >= 0.3 is 0 Å². The van der Waals surface area contributed by atoms with Gasteiger partial charge in [0.2, 0.25) is 0 Å². The summed E-state index contributed by atoms with van der Waals surface area (Å²) in [6.45, 7) is 7.35. The topological polar surface area (TPSA) is 51.1 Å². The average Bonchev–Trinajstić information content (AvgIpc) is 3.30. The third kappa shape index (κ3) is 4.75. The van der Waals surface area contributed by atoms with E-state index >= 15 is 0 Å². The van der Waals surface area contributed by atoms with Gasteiger partial charge in [-0.25, -0.2) is 0 Å². The molecule has 1 aromatic rings. The molecule has 0 bridgehead atoms. The van der Waals surface area contributed by atoms with Gasteiger partial charge in [-0.05, 0) is 31.0 Å². The standard InChI is InChI=1S/C19H27ClN4O/c1-2-21-19(22-13-18(25)15-5-7-16(20)8-6-15)24-12-9-17(14-24)23-10-3-4-11-23/h3-8,17-18,25H,2,9-14H2,1H3,(H,21,22). The van der Waals surface area contributed by atoms with Gasteiger partial charge in [0.15, 0.2) is 5.96 Å². The van der Waals surface area contributed by atoms with Gasteiger partial charge in [0.1, 0.15) is 0 Å². The summed E-state index contributed by atoms with van der Waals surface area (Å²) in [5, 5.41) is 14.4. The molecule has 25 heavy (non-hydrogen) atoms. The highest BCUT2D eigenvalue weighted by Crippen LogP contribution is 2.19. The molecule has 1 saturated heterocycles. The third-order valence-corrected chi connectivity index (χ3v) is 5.08. The summed E-state index contributed by atoms with van der Waals surface area (Å²) in [5.74, 6) is 0.894. The summed E-state index contributed by atoms with van der Waals surface area (Å²) < 4.78 is 0. The molecule has 0 radical (unpaired) electrons. The number of guanidine groups is 1. The number of hydrogen-bond donors (Lipinski definition) is 2. The maximum Gasteiger partial charge on any atom is 0.194 e. The molecule has 2 atom stereocenters. The quantitative estimate of drug-likeness (QED) is 0.479. The lowest BCUT2D eigenvalue weighted by atomic mass is 10.1. The predicted octanol–water partition coefficient (Wildman–Crippen LogP) is 2.29. The van der Waals surface area contributed by atoms with Crippen LogP contribution >= 0.6 is 11.6 Å². The second-order valence-corrected chi connectivity index (χ2v) is 7.01. The Labute approximate surface area is 155 Å². The number of aliphatic imine (C=N–C) groups is 1. The molecule has 5 nitrogen and oxygen atoms in total.